The summed E-state index contributed by atoms with van der Waals surface area (Å²) in [6, 6.07) is 27.6. The highest BCUT2D eigenvalue weighted by molar-refractivity contribution is 7.09. The van der Waals surface area contributed by atoms with Crippen LogP contribution < -0.4 is 0 Å². The molecule has 5 heteroatoms. The highest BCUT2D eigenvalue weighted by Crippen LogP contribution is 2.19. The molecule has 0 N–H and O–H groups in total. The van der Waals surface area contributed by atoms with Crippen LogP contribution in [0.15, 0.2) is 90.3 Å². The average Bonchev–Trinajstić information content (AvgIpc) is 3.35. The molecule has 0 spiro atoms. The lowest BCUT2D eigenvalue weighted by Crippen LogP contribution is -2.45. The molecule has 0 unspecified atom stereocenters. The number of carbonyl (C=O) groups excluding carboxylic acids is 2. The second-order valence-corrected chi connectivity index (χ2v) is 9.44. The second kappa shape index (κ2) is 10.5. The Morgan fingerprint density at radius 3 is 2.24 bits per heavy atom. The first kappa shape index (κ1) is 22.7. The molecule has 4 aromatic rings. The van der Waals surface area contributed by atoms with Crippen molar-refractivity contribution in [3.8, 4) is 0 Å². The molecule has 2 amide bonds. The first-order valence-corrected chi connectivity index (χ1v) is 12.0. The van der Waals surface area contributed by atoms with Crippen molar-refractivity contribution in [3.05, 3.63) is 106 Å². The van der Waals surface area contributed by atoms with Gasteiger partial charge in [0.05, 0.1) is 6.54 Å². The number of benzene rings is 3. The molecule has 168 valence electrons. The number of nitrogens with zero attached hydrogens (tertiary/aromatic N) is 2. The Hall–Kier alpha value is -3.44. The highest BCUT2D eigenvalue weighted by atomic mass is 32.1. The Balaban J connectivity index is 1.55. The van der Waals surface area contributed by atoms with E-state index in [1.165, 1.54) is 0 Å². The summed E-state index contributed by atoms with van der Waals surface area (Å²) in [6.45, 7) is 4.98. The van der Waals surface area contributed by atoms with Gasteiger partial charge in [0.15, 0.2) is 0 Å². The zero-order chi connectivity index (χ0) is 23.2. The summed E-state index contributed by atoms with van der Waals surface area (Å²) in [5.41, 5.74) is 1.67. The van der Waals surface area contributed by atoms with Crippen LogP contribution in [-0.2, 0) is 17.9 Å². The van der Waals surface area contributed by atoms with Crippen molar-refractivity contribution in [1.29, 1.82) is 0 Å². The van der Waals surface area contributed by atoms with Gasteiger partial charge in [0.25, 0.3) is 5.91 Å². The summed E-state index contributed by atoms with van der Waals surface area (Å²) >= 11 is 1.63. The van der Waals surface area contributed by atoms with Crippen LogP contribution in [-0.4, -0.2) is 34.2 Å². The van der Waals surface area contributed by atoms with E-state index in [0.717, 1.165) is 21.2 Å². The number of amides is 2. The van der Waals surface area contributed by atoms with Gasteiger partial charge in [-0.15, -0.1) is 11.3 Å². The van der Waals surface area contributed by atoms with E-state index in [9.17, 15) is 9.59 Å². The fraction of sp³-hybridized carbons (Fsp3) is 0.214. The molecule has 4 rings (SSSR count). The third-order valence-electron chi connectivity index (χ3n) is 5.68. The number of fused-ring (bicyclic) bond motifs is 1. The van der Waals surface area contributed by atoms with Crippen LogP contribution in [0, 0.1) is 0 Å². The van der Waals surface area contributed by atoms with E-state index in [1.54, 1.807) is 16.2 Å². The van der Waals surface area contributed by atoms with Crippen molar-refractivity contribution in [3.63, 3.8) is 0 Å². The van der Waals surface area contributed by atoms with Gasteiger partial charge in [0.2, 0.25) is 5.91 Å². The maximum absolute atomic E-state index is 13.5. The van der Waals surface area contributed by atoms with Crippen molar-refractivity contribution in [2.75, 3.05) is 6.54 Å². The Bertz CT molecular complexity index is 1220. The molecule has 3 aromatic carbocycles. The minimum atomic E-state index is -0.125. The summed E-state index contributed by atoms with van der Waals surface area (Å²) in [5, 5.41) is 4.12. The quantitative estimate of drug-likeness (QED) is 0.327. The predicted octanol–water partition coefficient (Wildman–Crippen LogP) is 5.98. The summed E-state index contributed by atoms with van der Waals surface area (Å²) < 4.78 is 0. The molecular formula is C28H28N2O2S. The zero-order valence-electron chi connectivity index (χ0n) is 19.0. The Kier molecular flexibility index (Phi) is 7.20. The van der Waals surface area contributed by atoms with Crippen LogP contribution >= 0.6 is 11.3 Å². The van der Waals surface area contributed by atoms with Gasteiger partial charge in [-0.2, -0.15) is 0 Å². The predicted molar refractivity (Wildman–Crippen MR) is 135 cm³/mol. The maximum atomic E-state index is 13.5. The average molecular weight is 457 g/mol. The highest BCUT2D eigenvalue weighted by Gasteiger charge is 2.25. The number of carbonyl (C=O) groups is 2. The van der Waals surface area contributed by atoms with Gasteiger partial charge in [-0.25, -0.2) is 0 Å². The van der Waals surface area contributed by atoms with Crippen molar-refractivity contribution in [2.45, 2.75) is 33.0 Å². The van der Waals surface area contributed by atoms with E-state index in [2.05, 4.69) is 0 Å². The maximum Gasteiger partial charge on any atom is 0.254 e. The molecule has 1 aromatic heterocycles. The van der Waals surface area contributed by atoms with Crippen molar-refractivity contribution in [1.82, 2.24) is 9.80 Å². The van der Waals surface area contributed by atoms with Crippen molar-refractivity contribution < 1.29 is 9.59 Å². The minimum Gasteiger partial charge on any atom is -0.332 e. The number of thiophene rings is 1. The molecule has 0 fully saturated rings. The van der Waals surface area contributed by atoms with Gasteiger partial charge in [-0.3, -0.25) is 9.59 Å². The molecule has 1 heterocycles. The summed E-state index contributed by atoms with van der Waals surface area (Å²) in [6.07, 6.45) is 0. The summed E-state index contributed by atoms with van der Waals surface area (Å²) in [7, 11) is 0. The third kappa shape index (κ3) is 5.68. The third-order valence-corrected chi connectivity index (χ3v) is 6.54. The lowest BCUT2D eigenvalue weighted by molar-refractivity contribution is -0.133. The van der Waals surface area contributed by atoms with Gasteiger partial charge >= 0.3 is 0 Å². The molecule has 0 saturated carbocycles. The largest absolute Gasteiger partial charge is 0.332 e. The van der Waals surface area contributed by atoms with E-state index in [0.29, 0.717) is 18.7 Å². The van der Waals surface area contributed by atoms with Crippen molar-refractivity contribution in [2.24, 2.45) is 0 Å². The standard InChI is InChI=1S/C28H28N2O2S/c1-21(2)30(28(32)25-15-14-23-11-6-7-12-24(23)17-25)20-27(31)29(19-26-13-8-16-33-26)18-22-9-4-3-5-10-22/h3-17,21H,18-20H2,1-2H3. The van der Waals surface area contributed by atoms with Crippen LogP contribution in [0.4, 0.5) is 0 Å². The van der Waals surface area contributed by atoms with Gasteiger partial charge in [0.1, 0.15) is 6.54 Å². The molecule has 0 bridgehead atoms. The molecule has 4 nitrogen and oxygen atoms in total. The Labute approximate surface area is 199 Å². The first-order chi connectivity index (χ1) is 16.0. The van der Waals surface area contributed by atoms with Crippen LogP contribution in [0.1, 0.15) is 34.6 Å². The van der Waals surface area contributed by atoms with E-state index >= 15 is 0 Å². The van der Waals surface area contributed by atoms with Crippen LogP contribution in [0.5, 0.6) is 0 Å². The lowest BCUT2D eigenvalue weighted by atomic mass is 10.1. The topological polar surface area (TPSA) is 40.6 Å². The summed E-state index contributed by atoms with van der Waals surface area (Å²) in [4.78, 5) is 31.5. The molecule has 0 aliphatic rings. The molecule has 0 aliphatic heterocycles. The molecule has 0 atom stereocenters. The Morgan fingerprint density at radius 2 is 1.55 bits per heavy atom. The van der Waals surface area contributed by atoms with Crippen molar-refractivity contribution >= 4 is 33.9 Å². The monoisotopic (exact) mass is 456 g/mol. The van der Waals surface area contributed by atoms with Gasteiger partial charge in [0, 0.05) is 23.0 Å². The zero-order valence-corrected chi connectivity index (χ0v) is 19.8. The fourth-order valence-electron chi connectivity index (χ4n) is 3.85. The number of rotatable bonds is 8. The van der Waals surface area contributed by atoms with E-state index in [4.69, 9.17) is 0 Å². The van der Waals surface area contributed by atoms with E-state index in [-0.39, 0.29) is 24.4 Å². The molecule has 0 saturated heterocycles. The number of hydrogen-bond acceptors (Lipinski definition) is 3. The molecule has 0 radical (unpaired) electrons. The van der Waals surface area contributed by atoms with E-state index in [1.807, 2.05) is 109 Å². The molecule has 33 heavy (non-hydrogen) atoms. The van der Waals surface area contributed by atoms with Gasteiger partial charge in [-0.05, 0) is 53.8 Å². The SMILES string of the molecule is CC(C)N(CC(=O)N(Cc1ccccc1)Cc1cccs1)C(=O)c1ccc2ccccc2c1. The lowest BCUT2D eigenvalue weighted by Gasteiger charge is -2.30. The van der Waals surface area contributed by atoms with Crippen LogP contribution in [0.2, 0.25) is 0 Å². The first-order valence-electron chi connectivity index (χ1n) is 11.1. The normalized spacial score (nSPS) is 11.0. The number of hydrogen-bond donors (Lipinski definition) is 0. The van der Waals surface area contributed by atoms with Crippen LogP contribution in [0.25, 0.3) is 10.8 Å². The van der Waals surface area contributed by atoms with Gasteiger partial charge < -0.3 is 9.80 Å². The minimum absolute atomic E-state index is 0.0432. The second-order valence-electron chi connectivity index (χ2n) is 8.40. The van der Waals surface area contributed by atoms with Gasteiger partial charge in [-0.1, -0.05) is 66.7 Å². The Morgan fingerprint density at radius 1 is 0.818 bits per heavy atom. The summed E-state index contributed by atoms with van der Waals surface area (Å²) in [5.74, 6) is -0.185. The molecule has 0 aliphatic carbocycles. The molecular weight excluding hydrogens is 428 g/mol. The fourth-order valence-corrected chi connectivity index (χ4v) is 4.57. The smallest absolute Gasteiger partial charge is 0.254 e. The van der Waals surface area contributed by atoms with E-state index < -0.39 is 0 Å². The van der Waals surface area contributed by atoms with Crippen LogP contribution in [0.3, 0.4) is 0 Å².